The maximum Gasteiger partial charge on any atom is 2.00 e. The number of benzene rings is 1. The van der Waals surface area contributed by atoms with Crippen LogP contribution in [0, 0.1) is 34.0 Å². The van der Waals surface area contributed by atoms with E-state index in [-0.39, 0.29) is 44.2 Å². The second kappa shape index (κ2) is 13.6. The van der Waals surface area contributed by atoms with Gasteiger partial charge in [0.25, 0.3) is 6.43 Å². The molecule has 7 nitrogen and oxygen atoms in total. The zero-order valence-electron chi connectivity index (χ0n) is 21.0. The molecule has 0 atom stereocenters. The van der Waals surface area contributed by atoms with Crippen molar-refractivity contribution < 1.29 is 39.6 Å². The minimum atomic E-state index is -2.76. The summed E-state index contributed by atoms with van der Waals surface area (Å²) >= 11 is 0.927. The molecule has 38 heavy (non-hydrogen) atoms. The molecule has 0 radical (unpaired) electrons. The average Bonchev–Trinajstić information content (AvgIpc) is 3.84. The third-order valence-corrected chi connectivity index (χ3v) is 6.47. The maximum absolute atomic E-state index is 13.1. The minimum absolute atomic E-state index is 0. The molecule has 4 rings (SSSR count). The van der Waals surface area contributed by atoms with Crippen molar-refractivity contribution in [3.8, 4) is 28.7 Å². The Hall–Kier alpha value is -3.09. The van der Waals surface area contributed by atoms with Crippen molar-refractivity contribution in [2.45, 2.75) is 39.0 Å². The van der Waals surface area contributed by atoms with Crippen molar-refractivity contribution >= 4 is 40.2 Å². The number of thioether (sulfide) groups is 1. The van der Waals surface area contributed by atoms with Gasteiger partial charge in [-0.05, 0) is 43.2 Å². The summed E-state index contributed by atoms with van der Waals surface area (Å²) in [4.78, 5) is 29.2. The molecule has 0 aliphatic heterocycles. The first kappa shape index (κ1) is 31.1. The Balaban J connectivity index is 0.000000389. The van der Waals surface area contributed by atoms with Gasteiger partial charge in [-0.1, -0.05) is 25.0 Å². The zero-order valence-corrected chi connectivity index (χ0v) is 22.8. The third-order valence-electron chi connectivity index (χ3n) is 6.06. The first-order chi connectivity index (χ1) is 17.6. The van der Waals surface area contributed by atoms with Crippen LogP contribution in [0.3, 0.4) is 0 Å². The summed E-state index contributed by atoms with van der Waals surface area (Å²) in [7, 11) is 3.05. The van der Waals surface area contributed by atoms with Crippen LogP contribution in [0.5, 0.6) is 5.75 Å². The normalized spacial score (nSPS) is 14.5. The van der Waals surface area contributed by atoms with Crippen molar-refractivity contribution in [1.29, 1.82) is 10.8 Å². The molecule has 1 aromatic heterocycles. The summed E-state index contributed by atoms with van der Waals surface area (Å²) in [6, 6.07) is 5.94. The van der Waals surface area contributed by atoms with Crippen LogP contribution < -0.4 is 9.64 Å². The third kappa shape index (κ3) is 7.96. The van der Waals surface area contributed by atoms with E-state index in [0.717, 1.165) is 24.6 Å². The fourth-order valence-electron chi connectivity index (χ4n) is 3.40. The first-order valence-corrected chi connectivity index (χ1v) is 12.3. The van der Waals surface area contributed by atoms with Gasteiger partial charge in [0.05, 0.1) is 19.6 Å². The van der Waals surface area contributed by atoms with Gasteiger partial charge in [0, 0.05) is 24.1 Å². The molecule has 2 saturated carbocycles. The molecule has 2 aliphatic rings. The van der Waals surface area contributed by atoms with Crippen molar-refractivity contribution in [1.82, 2.24) is 4.98 Å². The topological polar surface area (TPSA) is 107 Å². The Morgan fingerprint density at radius 1 is 1.29 bits per heavy atom. The molecule has 0 spiro atoms. The van der Waals surface area contributed by atoms with Crippen LogP contribution in [0.2, 0.25) is 0 Å². The fraction of sp³-hybridized carbons (Fsp3) is 0.370. The predicted octanol–water partition coefficient (Wildman–Crippen LogP) is 5.51. The van der Waals surface area contributed by atoms with Gasteiger partial charge in [0.2, 0.25) is 5.91 Å². The van der Waals surface area contributed by atoms with Crippen LogP contribution >= 0.6 is 11.8 Å². The summed E-state index contributed by atoms with van der Waals surface area (Å²) in [5.74, 6) is 6.34. The van der Waals surface area contributed by atoms with Crippen molar-refractivity contribution in [2.75, 3.05) is 19.1 Å². The van der Waals surface area contributed by atoms with E-state index in [1.54, 1.807) is 19.2 Å². The van der Waals surface area contributed by atoms with E-state index in [4.69, 9.17) is 15.6 Å². The van der Waals surface area contributed by atoms with E-state index in [2.05, 4.69) is 22.4 Å². The molecule has 0 unspecified atom stereocenters. The molecule has 2 N–H and O–H groups in total. The van der Waals surface area contributed by atoms with Crippen LogP contribution in [0.15, 0.2) is 30.5 Å². The van der Waals surface area contributed by atoms with Gasteiger partial charge in [-0.15, -0.1) is 11.1 Å². The number of carbonyl (C=O) groups excluding carboxylic acids is 2. The van der Waals surface area contributed by atoms with Gasteiger partial charge < -0.3 is 25.4 Å². The number of ether oxygens (including phenoxy) is 1. The molecule has 1 heterocycles. The first-order valence-electron chi connectivity index (χ1n) is 11.4. The molecular formula is C27H26F2N4NiO3S. The standard InChI is InChI=1S/C20H19F2N2O3.C7H7N2S.Ni/c1-20(6-7-20)19(26)24(2)13-5-4-12(11-25)14(8-13)15-9-16(18(21)22)23-10-17(15)27-3;8-5-10-7(9)4-3-6-1-2-6;/h4-5,8-10,18H,6-7H2,1-3H3;6,8-9H,1-2H2;/q2*-1;+2. The number of carbonyl (C=O) groups is 1. The van der Waals surface area contributed by atoms with Crippen molar-refractivity contribution in [2.24, 2.45) is 11.3 Å². The van der Waals surface area contributed by atoms with Gasteiger partial charge in [-0.2, -0.15) is 6.07 Å². The Bertz CT molecular complexity index is 1270. The van der Waals surface area contributed by atoms with Crippen LogP contribution in [-0.2, 0) is 26.1 Å². The smallest absolute Gasteiger partial charge is 0.508 e. The van der Waals surface area contributed by atoms with E-state index in [9.17, 15) is 18.4 Å². The number of aromatic nitrogens is 1. The second-order valence-corrected chi connectivity index (χ2v) is 9.76. The number of halogens is 2. The number of pyridine rings is 1. The minimum Gasteiger partial charge on any atom is -0.508 e. The Kier molecular flexibility index (Phi) is 11.2. The van der Waals surface area contributed by atoms with Gasteiger partial charge >= 0.3 is 16.5 Å². The summed E-state index contributed by atoms with van der Waals surface area (Å²) in [5.41, 5.74) is 2.65. The van der Waals surface area contributed by atoms with E-state index in [1.807, 2.05) is 13.2 Å². The molecule has 11 heteroatoms. The van der Waals surface area contributed by atoms with E-state index >= 15 is 0 Å². The molecule has 1 aromatic carbocycles. The number of nitrogens with one attached hydrogen (secondary N) is 2. The number of anilines is 1. The Labute approximate surface area is 235 Å². The number of rotatable bonds is 7. The average molecular weight is 583 g/mol. The van der Waals surface area contributed by atoms with E-state index < -0.39 is 12.1 Å². The number of alkyl halides is 2. The molecule has 202 valence electrons. The molecule has 2 fully saturated rings. The second-order valence-electron chi connectivity index (χ2n) is 8.94. The Morgan fingerprint density at radius 2 is 1.97 bits per heavy atom. The van der Waals surface area contributed by atoms with Crippen molar-refractivity contribution in [3.63, 3.8) is 0 Å². The molecule has 0 saturated heterocycles. The van der Waals surface area contributed by atoms with Crippen LogP contribution in [0.4, 0.5) is 14.5 Å². The Morgan fingerprint density at radius 3 is 2.50 bits per heavy atom. The largest absolute Gasteiger partial charge is 2.00 e. The van der Waals surface area contributed by atoms with Gasteiger partial charge in [-0.3, -0.25) is 26.9 Å². The van der Waals surface area contributed by atoms with E-state index in [0.29, 0.717) is 22.7 Å². The fourth-order valence-corrected chi connectivity index (χ4v) is 3.61. The van der Waals surface area contributed by atoms with Crippen molar-refractivity contribution in [3.05, 3.63) is 41.7 Å². The number of hydrogen-bond acceptors (Lipinski definition) is 7. The molecule has 1 amide bonds. The van der Waals surface area contributed by atoms with E-state index in [1.165, 1.54) is 43.2 Å². The summed E-state index contributed by atoms with van der Waals surface area (Å²) in [5, 5.41) is 13.9. The monoisotopic (exact) mass is 582 g/mol. The number of methoxy groups -OCH3 is 1. The quantitative estimate of drug-likeness (QED) is 0.147. The summed E-state index contributed by atoms with van der Waals surface area (Å²) in [6.07, 6.45) is 4.27. The van der Waals surface area contributed by atoms with Crippen LogP contribution in [-0.4, -0.2) is 41.9 Å². The SMILES string of the molecule is COc1cnc(C(F)F)cc1-c1cc(N(C)C(=O)C2(C)CC2)ccc1[C-]=O.N=[C-]SC(=N)C#CC1CC1.[Ni+2]. The summed E-state index contributed by atoms with van der Waals surface area (Å²) in [6.45, 7) is 1.90. The maximum atomic E-state index is 13.1. The predicted molar refractivity (Wildman–Crippen MR) is 140 cm³/mol. The molecule has 2 aromatic rings. The molecule has 2 aliphatic carbocycles. The molecular weight excluding hydrogens is 557 g/mol. The van der Waals surface area contributed by atoms with Gasteiger partial charge in [-0.25, -0.2) is 8.78 Å². The number of hydrogen-bond donors (Lipinski definition) is 2. The summed E-state index contributed by atoms with van der Waals surface area (Å²) < 4.78 is 31.4. The zero-order chi connectivity index (χ0) is 27.2. The molecule has 0 bridgehead atoms. The number of amides is 1. The van der Waals surface area contributed by atoms with Crippen LogP contribution in [0.25, 0.3) is 11.1 Å². The van der Waals surface area contributed by atoms with Gasteiger partial charge in [0.1, 0.15) is 16.5 Å². The van der Waals surface area contributed by atoms with Crippen LogP contribution in [0.1, 0.15) is 50.3 Å². The number of nitrogens with zero attached hydrogens (tertiary/aromatic N) is 2. The van der Waals surface area contributed by atoms with Gasteiger partial charge in [0.15, 0.2) is 0 Å².